The molecule has 2 aromatic rings. The number of guanidine groups is 1. The number of nitrogens with one attached hydrogen (secondary N) is 1. The molecule has 0 radical (unpaired) electrons. The molecule has 0 fully saturated rings. The van der Waals surface area contributed by atoms with Gasteiger partial charge in [-0.25, -0.2) is 0 Å². The molecule has 0 aliphatic heterocycles. The number of hydrogen-bond acceptors (Lipinski definition) is 4. The number of aromatic nitrogens is 3. The van der Waals surface area contributed by atoms with Crippen molar-refractivity contribution in [2.75, 3.05) is 20.6 Å². The topological polar surface area (TPSA) is 58.3 Å². The Labute approximate surface area is 123 Å². The maximum absolute atomic E-state index is 4.29. The highest BCUT2D eigenvalue weighted by Crippen LogP contribution is 2.09. The van der Waals surface area contributed by atoms with Gasteiger partial charge >= 0.3 is 0 Å². The van der Waals surface area contributed by atoms with E-state index in [0.29, 0.717) is 6.54 Å². The summed E-state index contributed by atoms with van der Waals surface area (Å²) in [5.41, 5.74) is 0. The second kappa shape index (κ2) is 7.04. The van der Waals surface area contributed by atoms with E-state index in [1.807, 2.05) is 18.7 Å². The lowest BCUT2D eigenvalue weighted by Crippen LogP contribution is -2.39. The summed E-state index contributed by atoms with van der Waals surface area (Å²) in [5.74, 6) is 1.75. The zero-order chi connectivity index (χ0) is 14.4. The highest BCUT2D eigenvalue weighted by Gasteiger charge is 2.08. The first kappa shape index (κ1) is 14.5. The van der Waals surface area contributed by atoms with E-state index in [1.54, 1.807) is 24.7 Å². The third kappa shape index (κ3) is 3.80. The van der Waals surface area contributed by atoms with Gasteiger partial charge in [0, 0.05) is 32.6 Å². The summed E-state index contributed by atoms with van der Waals surface area (Å²) in [5, 5.41) is 13.3. The van der Waals surface area contributed by atoms with E-state index in [2.05, 4.69) is 42.9 Å². The first-order valence-electron chi connectivity index (χ1n) is 6.47. The van der Waals surface area contributed by atoms with Crippen molar-refractivity contribution in [1.29, 1.82) is 0 Å². The molecule has 0 saturated heterocycles. The lowest BCUT2D eigenvalue weighted by Gasteiger charge is -2.21. The van der Waals surface area contributed by atoms with Crippen LogP contribution in [0.5, 0.6) is 0 Å². The lowest BCUT2D eigenvalue weighted by atomic mass is 10.3. The molecule has 0 saturated carbocycles. The highest BCUT2D eigenvalue weighted by atomic mass is 32.1. The summed E-state index contributed by atoms with van der Waals surface area (Å²) in [7, 11) is 5.76. The summed E-state index contributed by atoms with van der Waals surface area (Å²) in [6, 6.07) is 4.25. The van der Waals surface area contributed by atoms with Gasteiger partial charge in [0.2, 0.25) is 0 Å². The average molecular weight is 292 g/mol. The number of rotatable bonds is 5. The fourth-order valence-electron chi connectivity index (χ4n) is 1.85. The first-order valence-corrected chi connectivity index (χ1v) is 7.35. The minimum absolute atomic E-state index is 0.618. The summed E-state index contributed by atoms with van der Waals surface area (Å²) in [6.45, 7) is 1.55. The van der Waals surface area contributed by atoms with Gasteiger partial charge in [0.05, 0.1) is 6.54 Å². The molecule has 0 unspecified atom stereocenters. The number of nitrogens with zero attached hydrogens (tertiary/aromatic N) is 5. The van der Waals surface area contributed by atoms with E-state index in [4.69, 9.17) is 0 Å². The maximum Gasteiger partial charge on any atom is 0.193 e. The third-order valence-electron chi connectivity index (χ3n) is 3.06. The molecule has 0 spiro atoms. The minimum Gasteiger partial charge on any atom is -0.349 e. The standard InChI is InChI=1S/C13H20N6S/c1-14-13(15-9-12-17-16-10-19(12)3)18(2)7-6-11-5-4-8-20-11/h4-5,8,10H,6-7,9H2,1-3H3,(H,14,15). The van der Waals surface area contributed by atoms with Crippen LogP contribution < -0.4 is 5.32 Å². The number of hydrogen-bond donors (Lipinski definition) is 1. The van der Waals surface area contributed by atoms with Crippen molar-refractivity contribution in [2.45, 2.75) is 13.0 Å². The molecule has 0 bridgehead atoms. The second-order valence-electron chi connectivity index (χ2n) is 4.51. The van der Waals surface area contributed by atoms with E-state index in [1.165, 1.54) is 4.88 Å². The quantitative estimate of drug-likeness (QED) is 0.663. The Morgan fingerprint density at radius 1 is 1.55 bits per heavy atom. The van der Waals surface area contributed by atoms with Crippen LogP contribution in [-0.4, -0.2) is 46.3 Å². The zero-order valence-corrected chi connectivity index (χ0v) is 12.9. The molecule has 6 nitrogen and oxygen atoms in total. The van der Waals surface area contributed by atoms with Gasteiger partial charge in [-0.15, -0.1) is 21.5 Å². The Bertz CT molecular complexity index is 545. The zero-order valence-electron chi connectivity index (χ0n) is 12.1. The average Bonchev–Trinajstić information content (AvgIpc) is 3.09. The molecule has 0 atom stereocenters. The van der Waals surface area contributed by atoms with Gasteiger partial charge in [0.15, 0.2) is 11.8 Å². The molecule has 0 aliphatic rings. The van der Waals surface area contributed by atoms with Crippen LogP contribution in [0.4, 0.5) is 0 Å². The normalized spacial score (nSPS) is 11.7. The first-order chi connectivity index (χ1) is 9.70. The van der Waals surface area contributed by atoms with Gasteiger partial charge in [-0.3, -0.25) is 4.99 Å². The summed E-state index contributed by atoms with van der Waals surface area (Å²) >= 11 is 1.79. The molecule has 2 heterocycles. The number of thiophene rings is 1. The Morgan fingerprint density at radius 3 is 3.00 bits per heavy atom. The van der Waals surface area contributed by atoms with Crippen LogP contribution in [0.25, 0.3) is 0 Å². The molecule has 7 heteroatoms. The molecular weight excluding hydrogens is 272 g/mol. The van der Waals surface area contributed by atoms with Crippen LogP contribution >= 0.6 is 11.3 Å². The van der Waals surface area contributed by atoms with Crippen molar-refractivity contribution in [3.8, 4) is 0 Å². The molecule has 2 rings (SSSR count). The van der Waals surface area contributed by atoms with E-state index < -0.39 is 0 Å². The predicted octanol–water partition coefficient (Wildman–Crippen LogP) is 1.13. The summed E-state index contributed by atoms with van der Waals surface area (Å²) in [4.78, 5) is 7.81. The van der Waals surface area contributed by atoms with Crippen LogP contribution in [-0.2, 0) is 20.0 Å². The van der Waals surface area contributed by atoms with Gasteiger partial charge in [-0.2, -0.15) is 0 Å². The van der Waals surface area contributed by atoms with E-state index >= 15 is 0 Å². The summed E-state index contributed by atoms with van der Waals surface area (Å²) < 4.78 is 1.89. The predicted molar refractivity (Wildman–Crippen MR) is 81.9 cm³/mol. The monoisotopic (exact) mass is 292 g/mol. The Morgan fingerprint density at radius 2 is 2.40 bits per heavy atom. The Hall–Kier alpha value is -1.89. The van der Waals surface area contributed by atoms with Gasteiger partial charge in [-0.1, -0.05) is 6.07 Å². The fraction of sp³-hybridized carbons (Fsp3) is 0.462. The van der Waals surface area contributed by atoms with Crippen molar-refractivity contribution in [3.05, 3.63) is 34.5 Å². The van der Waals surface area contributed by atoms with Crippen molar-refractivity contribution >= 4 is 17.3 Å². The highest BCUT2D eigenvalue weighted by molar-refractivity contribution is 7.09. The van der Waals surface area contributed by atoms with Gasteiger partial charge in [-0.05, 0) is 17.9 Å². The number of aliphatic imine (C=N–C) groups is 1. The van der Waals surface area contributed by atoms with E-state index in [-0.39, 0.29) is 0 Å². The summed E-state index contributed by atoms with van der Waals surface area (Å²) in [6.07, 6.45) is 2.72. The molecule has 20 heavy (non-hydrogen) atoms. The van der Waals surface area contributed by atoms with Crippen LogP contribution in [0, 0.1) is 0 Å². The molecule has 0 aromatic carbocycles. The molecule has 0 aliphatic carbocycles. The molecule has 108 valence electrons. The van der Waals surface area contributed by atoms with Crippen molar-refractivity contribution < 1.29 is 0 Å². The van der Waals surface area contributed by atoms with E-state index in [9.17, 15) is 0 Å². The fourth-order valence-corrected chi connectivity index (χ4v) is 2.55. The Kier molecular flexibility index (Phi) is 5.11. The smallest absolute Gasteiger partial charge is 0.193 e. The minimum atomic E-state index is 0.618. The van der Waals surface area contributed by atoms with Crippen molar-refractivity contribution in [2.24, 2.45) is 12.0 Å². The largest absolute Gasteiger partial charge is 0.349 e. The Balaban J connectivity index is 1.83. The van der Waals surface area contributed by atoms with E-state index in [0.717, 1.165) is 24.7 Å². The van der Waals surface area contributed by atoms with Crippen LogP contribution in [0.3, 0.4) is 0 Å². The molecule has 1 N–H and O–H groups in total. The van der Waals surface area contributed by atoms with Crippen LogP contribution in [0.2, 0.25) is 0 Å². The lowest BCUT2D eigenvalue weighted by molar-refractivity contribution is 0.484. The SMILES string of the molecule is CN=C(NCc1nncn1C)N(C)CCc1cccs1. The maximum atomic E-state index is 4.29. The molecular formula is C13H20N6S. The molecule has 2 aromatic heterocycles. The van der Waals surface area contributed by atoms with Crippen molar-refractivity contribution in [3.63, 3.8) is 0 Å². The third-order valence-corrected chi connectivity index (χ3v) is 3.99. The van der Waals surface area contributed by atoms with Gasteiger partial charge < -0.3 is 14.8 Å². The number of likely N-dealkylation sites (N-methyl/N-ethyl adjacent to an activating group) is 1. The van der Waals surface area contributed by atoms with Gasteiger partial charge in [0.25, 0.3) is 0 Å². The molecule has 0 amide bonds. The van der Waals surface area contributed by atoms with Crippen molar-refractivity contribution in [1.82, 2.24) is 25.0 Å². The second-order valence-corrected chi connectivity index (χ2v) is 5.54. The van der Waals surface area contributed by atoms with Crippen LogP contribution in [0.15, 0.2) is 28.8 Å². The van der Waals surface area contributed by atoms with Crippen LogP contribution in [0.1, 0.15) is 10.7 Å². The van der Waals surface area contributed by atoms with Gasteiger partial charge in [0.1, 0.15) is 6.33 Å². The number of aryl methyl sites for hydroxylation is 1.